The van der Waals surface area contributed by atoms with E-state index in [-0.39, 0.29) is 6.04 Å². The van der Waals surface area contributed by atoms with Crippen LogP contribution in [0, 0.1) is 0 Å². The Morgan fingerprint density at radius 1 is 1.10 bits per heavy atom. The zero-order valence-corrected chi connectivity index (χ0v) is 12.2. The van der Waals surface area contributed by atoms with Crippen molar-refractivity contribution in [3.63, 3.8) is 0 Å². The molecule has 2 unspecified atom stereocenters. The number of nitrogens with zero attached hydrogens (tertiary/aromatic N) is 4. The molecule has 0 bridgehead atoms. The van der Waals surface area contributed by atoms with Gasteiger partial charge in [-0.25, -0.2) is 0 Å². The van der Waals surface area contributed by atoms with Crippen molar-refractivity contribution >= 4 is 11.8 Å². The molecule has 1 fully saturated rings. The van der Waals surface area contributed by atoms with Crippen molar-refractivity contribution in [2.45, 2.75) is 48.6 Å². The normalized spacial score (nSPS) is 23.4. The van der Waals surface area contributed by atoms with Gasteiger partial charge in [0.05, 0.1) is 5.69 Å². The number of nitrogens with two attached hydrogens (primary N) is 1. The molecule has 6 heteroatoms. The van der Waals surface area contributed by atoms with E-state index < -0.39 is 0 Å². The van der Waals surface area contributed by atoms with Crippen molar-refractivity contribution in [2.75, 3.05) is 0 Å². The van der Waals surface area contributed by atoms with Gasteiger partial charge < -0.3 is 5.73 Å². The van der Waals surface area contributed by atoms with Gasteiger partial charge in [0.25, 0.3) is 0 Å². The highest BCUT2D eigenvalue weighted by atomic mass is 32.2. The molecular formula is C14H19N5S. The molecule has 5 nitrogen and oxygen atoms in total. The average molecular weight is 289 g/mol. The molecule has 0 amide bonds. The molecule has 2 aromatic rings. The average Bonchev–Trinajstić information content (AvgIpc) is 2.85. The summed E-state index contributed by atoms with van der Waals surface area (Å²) in [5, 5.41) is 13.3. The quantitative estimate of drug-likeness (QED) is 0.879. The van der Waals surface area contributed by atoms with Gasteiger partial charge in [-0.3, -0.25) is 0 Å². The van der Waals surface area contributed by atoms with Crippen LogP contribution >= 0.6 is 11.8 Å². The number of tetrazole rings is 1. The highest BCUT2D eigenvalue weighted by molar-refractivity contribution is 7.99. The summed E-state index contributed by atoms with van der Waals surface area (Å²) in [6, 6.07) is 10.2. The van der Waals surface area contributed by atoms with Gasteiger partial charge in [0, 0.05) is 11.3 Å². The molecule has 20 heavy (non-hydrogen) atoms. The van der Waals surface area contributed by atoms with Crippen LogP contribution in [0.4, 0.5) is 0 Å². The molecule has 2 N–H and O–H groups in total. The third-order valence-corrected chi connectivity index (χ3v) is 5.06. The number of hydrogen-bond acceptors (Lipinski definition) is 5. The molecule has 1 aliphatic rings. The van der Waals surface area contributed by atoms with E-state index in [1.807, 2.05) is 30.3 Å². The summed E-state index contributed by atoms with van der Waals surface area (Å²) in [7, 11) is 0. The van der Waals surface area contributed by atoms with Gasteiger partial charge in [-0.2, -0.15) is 4.68 Å². The maximum Gasteiger partial charge on any atom is 0.214 e. The van der Waals surface area contributed by atoms with Gasteiger partial charge in [-0.15, -0.1) is 5.10 Å². The van der Waals surface area contributed by atoms with Crippen molar-refractivity contribution < 1.29 is 0 Å². The predicted molar refractivity (Wildman–Crippen MR) is 79.9 cm³/mol. The molecule has 0 saturated heterocycles. The summed E-state index contributed by atoms with van der Waals surface area (Å²) in [4.78, 5) is 0. The monoisotopic (exact) mass is 289 g/mol. The molecule has 1 heterocycles. The number of aromatic nitrogens is 4. The van der Waals surface area contributed by atoms with E-state index in [1.54, 1.807) is 16.4 Å². The molecule has 0 radical (unpaired) electrons. The Morgan fingerprint density at radius 2 is 1.90 bits per heavy atom. The van der Waals surface area contributed by atoms with E-state index in [0.29, 0.717) is 5.25 Å². The predicted octanol–water partition coefficient (Wildman–Crippen LogP) is 2.41. The van der Waals surface area contributed by atoms with Crippen LogP contribution in [0.5, 0.6) is 0 Å². The smallest absolute Gasteiger partial charge is 0.214 e. The standard InChI is InChI=1S/C14H19N5S/c15-12-9-5-2-6-10-13(12)20-14-16-17-18-19(14)11-7-3-1-4-8-11/h1,3-4,7-8,12-13H,2,5-6,9-10,15H2. The fraction of sp³-hybridized carbons (Fsp3) is 0.500. The fourth-order valence-electron chi connectivity index (χ4n) is 2.57. The number of thioether (sulfide) groups is 1. The second-order valence-electron chi connectivity index (χ2n) is 5.17. The zero-order valence-electron chi connectivity index (χ0n) is 11.4. The summed E-state index contributed by atoms with van der Waals surface area (Å²) in [6.45, 7) is 0. The third kappa shape index (κ3) is 3.02. The van der Waals surface area contributed by atoms with Crippen LogP contribution in [0.3, 0.4) is 0 Å². The molecule has 1 saturated carbocycles. The maximum atomic E-state index is 6.29. The Morgan fingerprint density at radius 3 is 2.75 bits per heavy atom. The lowest BCUT2D eigenvalue weighted by Crippen LogP contribution is -2.31. The van der Waals surface area contributed by atoms with E-state index in [9.17, 15) is 0 Å². The molecule has 0 aliphatic heterocycles. The number of hydrogen-bond donors (Lipinski definition) is 1. The van der Waals surface area contributed by atoms with Crippen molar-refractivity contribution in [3.8, 4) is 5.69 Å². The second-order valence-corrected chi connectivity index (χ2v) is 6.37. The number of para-hydroxylation sites is 1. The first kappa shape index (κ1) is 13.6. The van der Waals surface area contributed by atoms with E-state index in [4.69, 9.17) is 5.73 Å². The molecule has 0 spiro atoms. The lowest BCUT2D eigenvalue weighted by Gasteiger charge is -2.19. The molecule has 1 aromatic heterocycles. The lowest BCUT2D eigenvalue weighted by molar-refractivity contribution is 0.594. The van der Waals surface area contributed by atoms with Gasteiger partial charge in [-0.05, 0) is 35.4 Å². The SMILES string of the molecule is NC1CCCCCC1Sc1nnnn1-c1ccccc1. The minimum atomic E-state index is 0.239. The number of rotatable bonds is 3. The van der Waals surface area contributed by atoms with Gasteiger partial charge in [-0.1, -0.05) is 49.2 Å². The minimum absolute atomic E-state index is 0.239. The Bertz CT molecular complexity index is 542. The molecule has 1 aliphatic carbocycles. The minimum Gasteiger partial charge on any atom is -0.327 e. The molecule has 1 aromatic carbocycles. The summed E-state index contributed by atoms with van der Waals surface area (Å²) in [5.41, 5.74) is 7.27. The molecule has 106 valence electrons. The number of benzene rings is 1. The third-order valence-electron chi connectivity index (χ3n) is 3.70. The molecular weight excluding hydrogens is 270 g/mol. The Kier molecular flexibility index (Phi) is 4.32. The van der Waals surface area contributed by atoms with Crippen molar-refractivity contribution in [3.05, 3.63) is 30.3 Å². The van der Waals surface area contributed by atoms with Crippen LogP contribution in [0.25, 0.3) is 5.69 Å². The van der Waals surface area contributed by atoms with Gasteiger partial charge >= 0.3 is 0 Å². The van der Waals surface area contributed by atoms with Crippen LogP contribution in [0.1, 0.15) is 32.1 Å². The van der Waals surface area contributed by atoms with E-state index >= 15 is 0 Å². The van der Waals surface area contributed by atoms with Crippen molar-refractivity contribution in [1.29, 1.82) is 0 Å². The summed E-state index contributed by atoms with van der Waals surface area (Å²) in [5.74, 6) is 0. The zero-order chi connectivity index (χ0) is 13.8. The van der Waals surface area contributed by atoms with Crippen LogP contribution < -0.4 is 5.73 Å². The van der Waals surface area contributed by atoms with Gasteiger partial charge in [0.2, 0.25) is 5.16 Å². The van der Waals surface area contributed by atoms with Crippen molar-refractivity contribution in [2.24, 2.45) is 5.73 Å². The molecule has 3 rings (SSSR count). The fourth-order valence-corrected chi connectivity index (χ4v) is 3.76. The van der Waals surface area contributed by atoms with Crippen molar-refractivity contribution in [1.82, 2.24) is 20.2 Å². The van der Waals surface area contributed by atoms with Crippen LogP contribution in [-0.4, -0.2) is 31.5 Å². The van der Waals surface area contributed by atoms with E-state index in [0.717, 1.165) is 23.7 Å². The topological polar surface area (TPSA) is 69.6 Å². The summed E-state index contributed by atoms with van der Waals surface area (Å²) in [6.07, 6.45) is 6.02. The van der Waals surface area contributed by atoms with Crippen LogP contribution in [0.2, 0.25) is 0 Å². The molecule has 2 atom stereocenters. The summed E-state index contributed by atoms with van der Waals surface area (Å²) < 4.78 is 1.79. The lowest BCUT2D eigenvalue weighted by atomic mass is 10.1. The first-order valence-corrected chi connectivity index (χ1v) is 7.98. The second kappa shape index (κ2) is 6.37. The maximum absolute atomic E-state index is 6.29. The Hall–Kier alpha value is -1.40. The van der Waals surface area contributed by atoms with E-state index in [1.165, 1.54) is 19.3 Å². The van der Waals surface area contributed by atoms with E-state index in [2.05, 4.69) is 15.5 Å². The first-order chi connectivity index (χ1) is 9.84. The van der Waals surface area contributed by atoms with Gasteiger partial charge in [0.1, 0.15) is 0 Å². The van der Waals surface area contributed by atoms with Gasteiger partial charge in [0.15, 0.2) is 0 Å². The highest BCUT2D eigenvalue weighted by Crippen LogP contribution is 2.31. The first-order valence-electron chi connectivity index (χ1n) is 7.10. The Balaban J connectivity index is 1.80. The van der Waals surface area contributed by atoms with Crippen LogP contribution in [0.15, 0.2) is 35.5 Å². The van der Waals surface area contributed by atoms with Crippen LogP contribution in [-0.2, 0) is 0 Å². The largest absolute Gasteiger partial charge is 0.327 e. The summed E-state index contributed by atoms with van der Waals surface area (Å²) >= 11 is 1.72. The highest BCUT2D eigenvalue weighted by Gasteiger charge is 2.24. The Labute approximate surface area is 122 Å².